The number of carbonyl (C=O) groups excluding carboxylic acids is 2. The maximum atomic E-state index is 13.7. The van der Waals surface area contributed by atoms with E-state index in [0.29, 0.717) is 5.56 Å². The van der Waals surface area contributed by atoms with Crippen LogP contribution in [-0.2, 0) is 16.1 Å². The van der Waals surface area contributed by atoms with E-state index in [9.17, 15) is 14.0 Å². The Morgan fingerprint density at radius 1 is 1.35 bits per heavy atom. The molecule has 0 aliphatic carbocycles. The van der Waals surface area contributed by atoms with Gasteiger partial charge in [0.25, 0.3) is 0 Å². The molecule has 0 radical (unpaired) electrons. The molecule has 0 aliphatic heterocycles. The van der Waals surface area contributed by atoms with Crippen molar-refractivity contribution in [1.82, 2.24) is 10.2 Å². The lowest BCUT2D eigenvalue weighted by Crippen LogP contribution is -2.35. The predicted octanol–water partition coefficient (Wildman–Crippen LogP) is 3.46. The van der Waals surface area contributed by atoms with E-state index >= 15 is 0 Å². The van der Waals surface area contributed by atoms with Crippen LogP contribution in [0.4, 0.5) is 9.18 Å². The molecule has 0 aliphatic rings. The number of benzene rings is 1. The monoisotopic (exact) mass is 388 g/mol. The lowest BCUT2D eigenvalue weighted by atomic mass is 10.2. The van der Waals surface area contributed by atoms with Gasteiger partial charge in [-0.25, -0.2) is 9.18 Å². The summed E-state index contributed by atoms with van der Waals surface area (Å²) in [6.45, 7) is 5.61. The quantitative estimate of drug-likeness (QED) is 0.839. The molecule has 0 atom stereocenters. The normalized spacial score (nSPS) is 11.0. The van der Waals surface area contributed by atoms with Gasteiger partial charge in [0.05, 0.1) is 0 Å². The van der Waals surface area contributed by atoms with Crippen LogP contribution in [0.3, 0.4) is 0 Å². The summed E-state index contributed by atoms with van der Waals surface area (Å²) in [5, 5.41) is 2.52. The van der Waals surface area contributed by atoms with Crippen LogP contribution in [0.15, 0.2) is 22.7 Å². The second kappa shape index (κ2) is 8.29. The summed E-state index contributed by atoms with van der Waals surface area (Å²) in [5.74, 6) is -0.555. The van der Waals surface area contributed by atoms with Gasteiger partial charge in [-0.1, -0.05) is 15.9 Å². The lowest BCUT2D eigenvalue weighted by Gasteiger charge is -2.20. The molecule has 1 aromatic carbocycles. The third kappa shape index (κ3) is 7.45. The molecule has 0 spiro atoms. The molecule has 1 aromatic rings. The van der Waals surface area contributed by atoms with E-state index < -0.39 is 11.7 Å². The molecular weight excluding hydrogens is 367 g/mol. The summed E-state index contributed by atoms with van der Waals surface area (Å²) in [6, 6.07) is 4.59. The van der Waals surface area contributed by atoms with Crippen LogP contribution in [-0.4, -0.2) is 36.1 Å². The van der Waals surface area contributed by atoms with Crippen LogP contribution >= 0.6 is 15.9 Å². The number of hydrogen-bond donors (Lipinski definition) is 1. The van der Waals surface area contributed by atoms with Crippen molar-refractivity contribution in [2.24, 2.45) is 0 Å². The molecule has 0 bridgehead atoms. The van der Waals surface area contributed by atoms with E-state index in [4.69, 9.17) is 4.74 Å². The van der Waals surface area contributed by atoms with Gasteiger partial charge in [-0.3, -0.25) is 4.79 Å². The van der Waals surface area contributed by atoms with Crippen molar-refractivity contribution in [3.05, 3.63) is 34.1 Å². The second-order valence-corrected chi connectivity index (χ2v) is 7.08. The van der Waals surface area contributed by atoms with Crippen molar-refractivity contribution in [2.75, 3.05) is 13.6 Å². The minimum atomic E-state index is -0.580. The number of alkyl carbamates (subject to hydrolysis) is 1. The Kier molecular flexibility index (Phi) is 7.00. The molecule has 0 saturated heterocycles. The SMILES string of the molecule is CN(Cc1cc(Br)ccc1F)C(=O)CCNC(=O)OC(C)(C)C. The second-order valence-electron chi connectivity index (χ2n) is 6.16. The first kappa shape index (κ1) is 19.4. The Bertz CT molecular complexity index is 573. The lowest BCUT2D eigenvalue weighted by molar-refractivity contribution is -0.130. The van der Waals surface area contributed by atoms with Crippen molar-refractivity contribution in [2.45, 2.75) is 39.3 Å². The minimum absolute atomic E-state index is 0.116. The average molecular weight is 389 g/mol. The van der Waals surface area contributed by atoms with Gasteiger partial charge in [-0.15, -0.1) is 0 Å². The molecule has 23 heavy (non-hydrogen) atoms. The first-order valence-electron chi connectivity index (χ1n) is 7.23. The minimum Gasteiger partial charge on any atom is -0.444 e. The van der Waals surface area contributed by atoms with Crippen LogP contribution in [0.2, 0.25) is 0 Å². The number of nitrogens with zero attached hydrogens (tertiary/aromatic N) is 1. The molecule has 7 heteroatoms. The predicted molar refractivity (Wildman–Crippen MR) is 89.4 cm³/mol. The Morgan fingerprint density at radius 2 is 2.00 bits per heavy atom. The van der Waals surface area contributed by atoms with Crippen molar-refractivity contribution in [1.29, 1.82) is 0 Å². The fourth-order valence-corrected chi connectivity index (χ4v) is 2.19. The molecule has 0 heterocycles. The Labute approximate surface area is 144 Å². The van der Waals surface area contributed by atoms with Crippen LogP contribution in [0, 0.1) is 5.82 Å². The van der Waals surface area contributed by atoms with Gasteiger partial charge in [0, 0.05) is 36.6 Å². The summed E-state index contributed by atoms with van der Waals surface area (Å²) in [4.78, 5) is 24.9. The van der Waals surface area contributed by atoms with Crippen molar-refractivity contribution < 1.29 is 18.7 Å². The van der Waals surface area contributed by atoms with Crippen molar-refractivity contribution in [3.63, 3.8) is 0 Å². The van der Waals surface area contributed by atoms with E-state index in [1.165, 1.54) is 11.0 Å². The van der Waals surface area contributed by atoms with Crippen LogP contribution < -0.4 is 5.32 Å². The summed E-state index contributed by atoms with van der Waals surface area (Å²) < 4.78 is 19.5. The summed E-state index contributed by atoms with van der Waals surface area (Å²) in [5.41, 5.74) is -0.154. The summed E-state index contributed by atoms with van der Waals surface area (Å²) in [6.07, 6.45) is -0.447. The Hall–Kier alpha value is -1.63. The van der Waals surface area contributed by atoms with E-state index in [2.05, 4.69) is 21.2 Å². The Balaban J connectivity index is 2.43. The highest BCUT2D eigenvalue weighted by molar-refractivity contribution is 9.10. The number of nitrogens with one attached hydrogen (secondary N) is 1. The van der Waals surface area contributed by atoms with E-state index in [1.807, 2.05) is 0 Å². The van der Waals surface area contributed by atoms with Crippen LogP contribution in [0.1, 0.15) is 32.8 Å². The van der Waals surface area contributed by atoms with E-state index in [0.717, 1.165) is 4.47 Å². The van der Waals surface area contributed by atoms with Gasteiger partial charge in [-0.05, 0) is 39.0 Å². The number of rotatable bonds is 5. The largest absolute Gasteiger partial charge is 0.444 e. The van der Waals surface area contributed by atoms with Crippen molar-refractivity contribution >= 4 is 27.9 Å². The van der Waals surface area contributed by atoms with Gasteiger partial charge in [-0.2, -0.15) is 0 Å². The summed E-state index contributed by atoms with van der Waals surface area (Å²) in [7, 11) is 1.59. The number of carbonyl (C=O) groups is 2. The molecule has 0 aromatic heterocycles. The average Bonchev–Trinajstić information content (AvgIpc) is 2.40. The molecule has 128 valence electrons. The number of halogens is 2. The van der Waals surface area contributed by atoms with E-state index in [1.54, 1.807) is 40.0 Å². The fourth-order valence-electron chi connectivity index (χ4n) is 1.78. The Morgan fingerprint density at radius 3 is 2.61 bits per heavy atom. The number of ether oxygens (including phenoxy) is 1. The van der Waals surface area contributed by atoms with Gasteiger partial charge in [0.1, 0.15) is 11.4 Å². The first-order chi connectivity index (χ1) is 10.6. The zero-order valence-electron chi connectivity index (χ0n) is 13.8. The molecule has 0 fully saturated rings. The maximum absolute atomic E-state index is 13.7. The highest BCUT2D eigenvalue weighted by Gasteiger charge is 2.17. The van der Waals surface area contributed by atoms with Gasteiger partial charge in [0.15, 0.2) is 0 Å². The highest BCUT2D eigenvalue weighted by atomic mass is 79.9. The zero-order valence-corrected chi connectivity index (χ0v) is 15.4. The topological polar surface area (TPSA) is 58.6 Å². The van der Waals surface area contributed by atoms with Crippen molar-refractivity contribution in [3.8, 4) is 0 Å². The van der Waals surface area contributed by atoms with Gasteiger partial charge < -0.3 is 15.0 Å². The number of hydrogen-bond acceptors (Lipinski definition) is 3. The maximum Gasteiger partial charge on any atom is 0.407 e. The molecule has 0 saturated carbocycles. The van der Waals surface area contributed by atoms with E-state index in [-0.39, 0.29) is 31.2 Å². The molecule has 2 amide bonds. The van der Waals surface area contributed by atoms with Gasteiger partial charge >= 0.3 is 6.09 Å². The molecule has 1 rings (SSSR count). The summed E-state index contributed by atoms with van der Waals surface area (Å²) >= 11 is 3.27. The molecule has 0 unspecified atom stereocenters. The smallest absolute Gasteiger partial charge is 0.407 e. The molecule has 5 nitrogen and oxygen atoms in total. The number of amides is 2. The van der Waals surface area contributed by atoms with Gasteiger partial charge in [0.2, 0.25) is 5.91 Å². The third-order valence-corrected chi connectivity index (χ3v) is 3.34. The third-order valence-electron chi connectivity index (χ3n) is 2.85. The van der Waals surface area contributed by atoms with Crippen LogP contribution in [0.5, 0.6) is 0 Å². The molecular formula is C16H22BrFN2O3. The van der Waals surface area contributed by atoms with Crippen LogP contribution in [0.25, 0.3) is 0 Å². The standard InChI is InChI=1S/C16H22BrFN2O3/c1-16(2,3)23-15(22)19-8-7-14(21)20(4)10-11-9-12(17)5-6-13(11)18/h5-6,9H,7-8,10H2,1-4H3,(H,19,22). The first-order valence-corrected chi connectivity index (χ1v) is 8.02. The molecule has 1 N–H and O–H groups in total. The zero-order chi connectivity index (χ0) is 17.6. The fraction of sp³-hybridized carbons (Fsp3) is 0.500. The highest BCUT2D eigenvalue weighted by Crippen LogP contribution is 2.17.